The highest BCUT2D eigenvalue weighted by Gasteiger charge is 2.44. The van der Waals surface area contributed by atoms with Gasteiger partial charge in [0.15, 0.2) is 0 Å². The lowest BCUT2D eigenvalue weighted by Crippen LogP contribution is -2.57. The molecule has 0 aromatic heterocycles. The summed E-state index contributed by atoms with van der Waals surface area (Å²) in [7, 11) is 0. The zero-order valence-electron chi connectivity index (χ0n) is 17.2. The summed E-state index contributed by atoms with van der Waals surface area (Å²) in [6.45, 7) is 8.00. The summed E-state index contributed by atoms with van der Waals surface area (Å²) in [5.41, 5.74) is 4.09. The molecule has 2 aromatic rings. The fraction of sp³-hybridized carbons (Fsp3) is 0.480. The number of carbonyl (C=O) groups is 1. The smallest absolute Gasteiger partial charge is 0.225 e. The van der Waals surface area contributed by atoms with Crippen LogP contribution in [0.4, 0.5) is 0 Å². The third-order valence-electron chi connectivity index (χ3n) is 6.54. The third kappa shape index (κ3) is 3.86. The molecule has 1 spiro atoms. The van der Waals surface area contributed by atoms with Gasteiger partial charge in [-0.2, -0.15) is 0 Å². The normalized spacial score (nSPS) is 22.9. The highest BCUT2D eigenvalue weighted by atomic mass is 16.2. The first-order chi connectivity index (χ1) is 13.6. The van der Waals surface area contributed by atoms with Crippen molar-refractivity contribution in [1.82, 2.24) is 9.80 Å². The van der Waals surface area contributed by atoms with Gasteiger partial charge >= 0.3 is 0 Å². The summed E-state index contributed by atoms with van der Waals surface area (Å²) < 4.78 is 0. The lowest BCUT2D eigenvalue weighted by Gasteiger charge is -2.46. The van der Waals surface area contributed by atoms with Gasteiger partial charge in [0.05, 0.1) is 0 Å². The van der Waals surface area contributed by atoms with E-state index in [4.69, 9.17) is 0 Å². The molecule has 0 aliphatic carbocycles. The van der Waals surface area contributed by atoms with Crippen molar-refractivity contribution in [3.63, 3.8) is 0 Å². The van der Waals surface area contributed by atoms with Crippen LogP contribution in [0.2, 0.25) is 0 Å². The Balaban J connectivity index is 1.47. The van der Waals surface area contributed by atoms with Crippen molar-refractivity contribution in [2.45, 2.75) is 51.6 Å². The fourth-order valence-electron chi connectivity index (χ4n) is 5.02. The van der Waals surface area contributed by atoms with E-state index in [9.17, 15) is 4.79 Å². The van der Waals surface area contributed by atoms with Gasteiger partial charge in [-0.1, -0.05) is 68.4 Å². The third-order valence-corrected chi connectivity index (χ3v) is 6.54. The monoisotopic (exact) mass is 376 g/mol. The van der Waals surface area contributed by atoms with E-state index in [2.05, 4.69) is 64.4 Å². The minimum Gasteiger partial charge on any atom is -0.341 e. The molecule has 0 radical (unpaired) electrons. The zero-order chi connectivity index (χ0) is 19.6. The molecule has 2 aliphatic heterocycles. The molecule has 1 amide bonds. The van der Waals surface area contributed by atoms with Crippen molar-refractivity contribution in [2.24, 2.45) is 5.92 Å². The quantitative estimate of drug-likeness (QED) is 0.752. The predicted molar refractivity (Wildman–Crippen MR) is 115 cm³/mol. The summed E-state index contributed by atoms with van der Waals surface area (Å²) in [6, 6.07) is 19.6. The van der Waals surface area contributed by atoms with Crippen molar-refractivity contribution in [1.29, 1.82) is 0 Å². The van der Waals surface area contributed by atoms with Crippen LogP contribution in [-0.2, 0) is 11.3 Å². The summed E-state index contributed by atoms with van der Waals surface area (Å²) in [5, 5.41) is 0. The maximum atomic E-state index is 12.6. The second-order valence-electron chi connectivity index (χ2n) is 8.83. The van der Waals surface area contributed by atoms with E-state index in [0.717, 1.165) is 32.6 Å². The Labute approximate surface area is 169 Å². The van der Waals surface area contributed by atoms with Gasteiger partial charge in [0.1, 0.15) is 0 Å². The van der Waals surface area contributed by atoms with E-state index >= 15 is 0 Å². The molecule has 2 saturated heterocycles. The van der Waals surface area contributed by atoms with Gasteiger partial charge < -0.3 is 4.90 Å². The average Bonchev–Trinajstić information content (AvgIpc) is 3.09. The number of nitrogens with zero attached hydrogens (tertiary/aromatic N) is 2. The summed E-state index contributed by atoms with van der Waals surface area (Å²) in [5.74, 6) is 0.411. The van der Waals surface area contributed by atoms with Gasteiger partial charge in [-0.3, -0.25) is 9.69 Å². The number of likely N-dealkylation sites (tertiary alicyclic amines) is 2. The van der Waals surface area contributed by atoms with Crippen LogP contribution in [0, 0.1) is 5.92 Å². The maximum Gasteiger partial charge on any atom is 0.225 e. The van der Waals surface area contributed by atoms with E-state index in [0.29, 0.717) is 5.91 Å². The topological polar surface area (TPSA) is 23.6 Å². The molecule has 28 heavy (non-hydrogen) atoms. The Morgan fingerprint density at radius 2 is 1.57 bits per heavy atom. The first-order valence-electron chi connectivity index (χ1n) is 10.8. The number of amides is 1. The van der Waals surface area contributed by atoms with Crippen molar-refractivity contribution >= 4 is 5.91 Å². The number of piperidine rings is 1. The molecule has 2 fully saturated rings. The van der Waals surface area contributed by atoms with Crippen molar-refractivity contribution < 1.29 is 4.79 Å². The zero-order valence-corrected chi connectivity index (χ0v) is 17.2. The van der Waals surface area contributed by atoms with Crippen molar-refractivity contribution in [3.05, 3.63) is 60.2 Å². The lowest BCUT2D eigenvalue weighted by atomic mass is 9.85. The molecule has 1 atom stereocenters. The van der Waals surface area contributed by atoms with E-state index in [1.54, 1.807) is 0 Å². The Morgan fingerprint density at radius 1 is 0.929 bits per heavy atom. The van der Waals surface area contributed by atoms with Crippen molar-refractivity contribution in [3.8, 4) is 11.1 Å². The van der Waals surface area contributed by atoms with Gasteiger partial charge in [0.2, 0.25) is 5.91 Å². The summed E-state index contributed by atoms with van der Waals surface area (Å²) in [4.78, 5) is 17.4. The lowest BCUT2D eigenvalue weighted by molar-refractivity contribution is -0.138. The maximum absolute atomic E-state index is 12.6. The molecule has 3 nitrogen and oxygen atoms in total. The molecule has 2 aromatic carbocycles. The van der Waals surface area contributed by atoms with Crippen LogP contribution in [-0.4, -0.2) is 40.9 Å². The highest BCUT2D eigenvalue weighted by Crippen LogP contribution is 2.38. The molecule has 0 saturated carbocycles. The molecule has 0 bridgehead atoms. The predicted octanol–water partition coefficient (Wildman–Crippen LogP) is 4.97. The second-order valence-corrected chi connectivity index (χ2v) is 8.83. The first-order valence-corrected chi connectivity index (χ1v) is 10.8. The van der Waals surface area contributed by atoms with E-state index < -0.39 is 0 Å². The highest BCUT2D eigenvalue weighted by molar-refractivity contribution is 5.78. The van der Waals surface area contributed by atoms with Gasteiger partial charge in [-0.05, 0) is 48.9 Å². The van der Waals surface area contributed by atoms with Gasteiger partial charge in [0, 0.05) is 31.1 Å². The van der Waals surface area contributed by atoms with Crippen LogP contribution in [0.25, 0.3) is 11.1 Å². The fourth-order valence-corrected chi connectivity index (χ4v) is 5.02. The molecule has 4 rings (SSSR count). The van der Waals surface area contributed by atoms with Crippen LogP contribution in [0.3, 0.4) is 0 Å². The minimum absolute atomic E-state index is 0.0931. The molecule has 0 N–H and O–H groups in total. The molecule has 2 heterocycles. The number of hydrogen-bond donors (Lipinski definition) is 0. The Hall–Kier alpha value is -2.13. The molecule has 148 valence electrons. The summed E-state index contributed by atoms with van der Waals surface area (Å²) >= 11 is 0. The number of benzene rings is 2. The Bertz CT molecular complexity index is 799. The van der Waals surface area contributed by atoms with Gasteiger partial charge in [0.25, 0.3) is 0 Å². The SMILES string of the molecule is CC(C)C(=O)N1CCCC2(CCCN2Cc2ccc(-c3ccccc3)cc2)C1. The van der Waals surface area contributed by atoms with Crippen LogP contribution in [0.1, 0.15) is 45.1 Å². The summed E-state index contributed by atoms with van der Waals surface area (Å²) in [6.07, 6.45) is 4.81. The van der Waals surface area contributed by atoms with E-state index in [-0.39, 0.29) is 11.5 Å². The van der Waals surface area contributed by atoms with Crippen molar-refractivity contribution in [2.75, 3.05) is 19.6 Å². The molecule has 3 heteroatoms. The first kappa shape index (κ1) is 19.2. The molecule has 1 unspecified atom stereocenters. The van der Waals surface area contributed by atoms with Gasteiger partial charge in [-0.15, -0.1) is 0 Å². The minimum atomic E-state index is 0.0931. The van der Waals surface area contributed by atoms with E-state index in [1.807, 2.05) is 13.8 Å². The van der Waals surface area contributed by atoms with E-state index in [1.165, 1.54) is 36.0 Å². The van der Waals surface area contributed by atoms with Gasteiger partial charge in [-0.25, -0.2) is 0 Å². The number of rotatable bonds is 4. The van der Waals surface area contributed by atoms with Crippen LogP contribution >= 0.6 is 0 Å². The standard InChI is InChI=1S/C25H32N2O/c1-20(2)24(28)26-16-6-14-25(19-26)15-7-17-27(25)18-21-10-12-23(13-11-21)22-8-4-3-5-9-22/h3-5,8-13,20H,6-7,14-19H2,1-2H3. The largest absolute Gasteiger partial charge is 0.341 e. The van der Waals surface area contributed by atoms with Crippen LogP contribution in [0.5, 0.6) is 0 Å². The average molecular weight is 377 g/mol. The molecular formula is C25H32N2O. The Morgan fingerprint density at radius 3 is 2.25 bits per heavy atom. The molecular weight excluding hydrogens is 344 g/mol. The Kier molecular flexibility index (Phi) is 5.54. The van der Waals surface area contributed by atoms with Crippen LogP contribution in [0.15, 0.2) is 54.6 Å². The second kappa shape index (κ2) is 8.08. The number of carbonyl (C=O) groups excluding carboxylic acids is 1. The number of hydrogen-bond acceptors (Lipinski definition) is 2. The van der Waals surface area contributed by atoms with Crippen LogP contribution < -0.4 is 0 Å². The molecule has 2 aliphatic rings.